The van der Waals surface area contributed by atoms with Crippen LogP contribution in [-0.4, -0.2) is 82.9 Å². The summed E-state index contributed by atoms with van der Waals surface area (Å²) in [5, 5.41) is 21.8. The quantitative estimate of drug-likeness (QED) is 0.479. The first-order valence-corrected chi connectivity index (χ1v) is 12.4. The van der Waals surface area contributed by atoms with Crippen LogP contribution in [0.3, 0.4) is 0 Å². The second kappa shape index (κ2) is 11.1. The minimum atomic E-state index is -1.06. The van der Waals surface area contributed by atoms with E-state index >= 15 is 0 Å². The van der Waals surface area contributed by atoms with Crippen LogP contribution >= 0.6 is 11.8 Å². The molecule has 0 unspecified atom stereocenters. The van der Waals surface area contributed by atoms with Crippen LogP contribution in [0.1, 0.15) is 23.6 Å². The molecule has 2 heterocycles. The standard InChI is InChI=1S/C25H29N3O6S/c1-27(24(31)10-16-5-6-22-20(9-16)26-23(30)15-35-22)21(13-28-8-7-18(29)12-28)17-3-2-4-19(11-17)34-14-25(32)33/h2-6,9,11,18,21,29H,7-8,10,12-15H2,1H3,(H,26,30)(H,32,33)/t18-,21+/m0/s1. The lowest BCUT2D eigenvalue weighted by molar-refractivity contribution is -0.139. The number of hydrogen-bond donors (Lipinski definition) is 3. The van der Waals surface area contributed by atoms with E-state index in [9.17, 15) is 19.5 Å². The van der Waals surface area contributed by atoms with Crippen LogP contribution in [0.5, 0.6) is 5.75 Å². The van der Waals surface area contributed by atoms with E-state index in [2.05, 4.69) is 10.2 Å². The van der Waals surface area contributed by atoms with Gasteiger partial charge in [0.15, 0.2) is 6.61 Å². The Morgan fingerprint density at radius 2 is 2.11 bits per heavy atom. The Bertz CT molecular complexity index is 1110. The molecule has 1 fully saturated rings. The number of anilines is 1. The van der Waals surface area contributed by atoms with Crippen LogP contribution in [0, 0.1) is 0 Å². The maximum atomic E-state index is 13.4. The van der Waals surface area contributed by atoms with Gasteiger partial charge in [-0.1, -0.05) is 18.2 Å². The van der Waals surface area contributed by atoms with Gasteiger partial charge in [0.2, 0.25) is 11.8 Å². The number of aliphatic carboxylic acids is 1. The Balaban J connectivity index is 1.53. The maximum absolute atomic E-state index is 13.4. The number of aliphatic hydroxyl groups is 1. The lowest BCUT2D eigenvalue weighted by Gasteiger charge is -2.32. The molecule has 10 heteroatoms. The SMILES string of the molecule is CN(C(=O)Cc1ccc2c(c1)NC(=O)CS2)[C@H](CN1CC[C@H](O)C1)c1cccc(OCC(=O)O)c1. The van der Waals surface area contributed by atoms with E-state index in [0.29, 0.717) is 31.0 Å². The number of likely N-dealkylation sites (N-methyl/N-ethyl adjacent to an activating group) is 1. The minimum absolute atomic E-state index is 0.0547. The van der Waals surface area contributed by atoms with E-state index < -0.39 is 12.6 Å². The van der Waals surface area contributed by atoms with Crippen LogP contribution in [0.4, 0.5) is 5.69 Å². The highest BCUT2D eigenvalue weighted by Gasteiger charge is 2.29. The summed E-state index contributed by atoms with van der Waals surface area (Å²) in [6.07, 6.45) is 0.467. The minimum Gasteiger partial charge on any atom is -0.482 e. The van der Waals surface area contributed by atoms with Gasteiger partial charge >= 0.3 is 5.97 Å². The molecule has 1 saturated heterocycles. The summed E-state index contributed by atoms with van der Waals surface area (Å²) in [7, 11) is 1.75. The predicted octanol–water partition coefficient (Wildman–Crippen LogP) is 2.00. The Morgan fingerprint density at radius 3 is 2.86 bits per heavy atom. The van der Waals surface area contributed by atoms with Crippen molar-refractivity contribution in [1.82, 2.24) is 9.80 Å². The van der Waals surface area contributed by atoms with Crippen molar-refractivity contribution in [2.75, 3.05) is 44.4 Å². The molecule has 2 aromatic carbocycles. The van der Waals surface area contributed by atoms with Gasteiger partial charge < -0.3 is 25.2 Å². The summed E-state index contributed by atoms with van der Waals surface area (Å²) < 4.78 is 5.35. The fourth-order valence-corrected chi connectivity index (χ4v) is 5.13. The average Bonchev–Trinajstić information content (AvgIpc) is 3.25. The van der Waals surface area contributed by atoms with Crippen molar-refractivity contribution < 1.29 is 29.3 Å². The number of fused-ring (bicyclic) bond motifs is 1. The molecule has 2 amide bonds. The number of amides is 2. The molecule has 2 aliphatic heterocycles. The first-order valence-electron chi connectivity index (χ1n) is 11.4. The van der Waals surface area contributed by atoms with Gasteiger partial charge in [0.25, 0.3) is 0 Å². The third-order valence-electron chi connectivity index (χ3n) is 6.18. The normalized spacial score (nSPS) is 18.5. The largest absolute Gasteiger partial charge is 0.482 e. The van der Waals surface area contributed by atoms with E-state index in [1.807, 2.05) is 24.3 Å². The number of thioether (sulfide) groups is 1. The number of carboxylic acids is 1. The number of rotatable bonds is 9. The molecular formula is C25H29N3O6S. The summed E-state index contributed by atoms with van der Waals surface area (Å²) in [6.45, 7) is 1.35. The van der Waals surface area contributed by atoms with Crippen molar-refractivity contribution in [2.24, 2.45) is 0 Å². The molecule has 0 aliphatic carbocycles. The van der Waals surface area contributed by atoms with Crippen LogP contribution in [0.15, 0.2) is 47.4 Å². The molecule has 35 heavy (non-hydrogen) atoms. The fourth-order valence-electron chi connectivity index (χ4n) is 4.34. The summed E-state index contributed by atoms with van der Waals surface area (Å²) in [5.74, 6) is -0.414. The van der Waals surface area contributed by atoms with Gasteiger partial charge in [0.05, 0.1) is 30.0 Å². The molecular weight excluding hydrogens is 470 g/mol. The summed E-state index contributed by atoms with van der Waals surface area (Å²) in [5.41, 5.74) is 2.35. The van der Waals surface area contributed by atoms with E-state index in [-0.39, 0.29) is 30.4 Å². The molecule has 0 bridgehead atoms. The van der Waals surface area contributed by atoms with Gasteiger partial charge in [-0.25, -0.2) is 4.79 Å². The fraction of sp³-hybridized carbons (Fsp3) is 0.400. The molecule has 0 radical (unpaired) electrons. The number of carbonyl (C=O) groups is 3. The van der Waals surface area contributed by atoms with E-state index in [0.717, 1.165) is 28.3 Å². The van der Waals surface area contributed by atoms with E-state index in [1.54, 1.807) is 30.1 Å². The first kappa shape index (κ1) is 25.0. The number of ether oxygens (including phenoxy) is 1. The first-order chi connectivity index (χ1) is 16.8. The average molecular weight is 500 g/mol. The van der Waals surface area contributed by atoms with Crippen LogP contribution in [0.25, 0.3) is 0 Å². The number of nitrogens with zero attached hydrogens (tertiary/aromatic N) is 2. The Hall–Kier alpha value is -3.08. The van der Waals surface area contributed by atoms with Gasteiger partial charge in [0.1, 0.15) is 5.75 Å². The van der Waals surface area contributed by atoms with Crippen molar-refractivity contribution in [3.05, 3.63) is 53.6 Å². The number of carbonyl (C=O) groups excluding carboxylic acids is 2. The van der Waals surface area contributed by atoms with Gasteiger partial charge in [-0.05, 0) is 41.8 Å². The number of hydrogen-bond acceptors (Lipinski definition) is 7. The molecule has 0 saturated carbocycles. The number of β-amino-alcohol motifs (C(OH)–C–C–N with tert-alkyl or cyclic N) is 1. The van der Waals surface area contributed by atoms with E-state index in [4.69, 9.17) is 9.84 Å². The third-order valence-corrected chi connectivity index (χ3v) is 7.25. The smallest absolute Gasteiger partial charge is 0.341 e. The Kier molecular flexibility index (Phi) is 7.94. The number of carboxylic acid groups (broad SMARTS) is 1. The number of benzene rings is 2. The van der Waals surface area contributed by atoms with Crippen LogP contribution in [-0.2, 0) is 20.8 Å². The lowest BCUT2D eigenvalue weighted by Crippen LogP contribution is -2.39. The summed E-state index contributed by atoms with van der Waals surface area (Å²) >= 11 is 1.48. The van der Waals surface area contributed by atoms with Crippen molar-refractivity contribution in [3.63, 3.8) is 0 Å². The van der Waals surface area contributed by atoms with Crippen LogP contribution < -0.4 is 10.1 Å². The molecule has 4 rings (SSSR count). The second-order valence-electron chi connectivity index (χ2n) is 8.82. The number of likely N-dealkylation sites (tertiary alicyclic amines) is 1. The Labute approximate surface area is 208 Å². The van der Waals surface area contributed by atoms with Gasteiger partial charge in [-0.3, -0.25) is 14.5 Å². The highest BCUT2D eigenvalue weighted by Crippen LogP contribution is 2.32. The summed E-state index contributed by atoms with van der Waals surface area (Å²) in [4.78, 5) is 40.8. The molecule has 2 atom stereocenters. The number of nitrogens with one attached hydrogen (secondary N) is 1. The third kappa shape index (κ3) is 6.53. The van der Waals surface area contributed by atoms with Crippen LogP contribution in [0.2, 0.25) is 0 Å². The molecule has 9 nitrogen and oxygen atoms in total. The topological polar surface area (TPSA) is 119 Å². The lowest BCUT2D eigenvalue weighted by atomic mass is 10.0. The van der Waals surface area contributed by atoms with Gasteiger partial charge in [0, 0.05) is 31.6 Å². The molecule has 2 aliphatic rings. The van der Waals surface area contributed by atoms with E-state index in [1.165, 1.54) is 11.8 Å². The zero-order valence-electron chi connectivity index (χ0n) is 19.5. The highest BCUT2D eigenvalue weighted by atomic mass is 32.2. The van der Waals surface area contributed by atoms with Gasteiger partial charge in [-0.2, -0.15) is 0 Å². The highest BCUT2D eigenvalue weighted by molar-refractivity contribution is 8.00. The van der Waals surface area contributed by atoms with Crippen molar-refractivity contribution >= 4 is 35.2 Å². The second-order valence-corrected chi connectivity index (χ2v) is 9.84. The molecule has 2 aromatic rings. The molecule has 0 aromatic heterocycles. The monoisotopic (exact) mass is 499 g/mol. The summed E-state index contributed by atoms with van der Waals surface area (Å²) in [6, 6.07) is 12.5. The predicted molar refractivity (Wildman–Crippen MR) is 132 cm³/mol. The maximum Gasteiger partial charge on any atom is 0.341 e. The zero-order chi connectivity index (χ0) is 24.9. The van der Waals surface area contributed by atoms with Crippen molar-refractivity contribution in [2.45, 2.75) is 29.9 Å². The molecule has 3 N–H and O–H groups in total. The molecule has 186 valence electrons. The van der Waals surface area contributed by atoms with Gasteiger partial charge in [-0.15, -0.1) is 11.8 Å². The van der Waals surface area contributed by atoms with Crippen molar-refractivity contribution in [1.29, 1.82) is 0 Å². The van der Waals surface area contributed by atoms with Crippen molar-refractivity contribution in [3.8, 4) is 5.75 Å². The zero-order valence-corrected chi connectivity index (χ0v) is 20.3. The Morgan fingerprint density at radius 1 is 1.29 bits per heavy atom. The number of aliphatic hydroxyl groups excluding tert-OH is 1. The molecule has 0 spiro atoms.